The van der Waals surface area contributed by atoms with Gasteiger partial charge in [-0.1, -0.05) is 18.2 Å². The molecule has 1 aliphatic heterocycles. The quantitative estimate of drug-likeness (QED) is 0.782. The van der Waals surface area contributed by atoms with Gasteiger partial charge in [0.15, 0.2) is 0 Å². The van der Waals surface area contributed by atoms with E-state index in [9.17, 15) is 9.59 Å². The van der Waals surface area contributed by atoms with Gasteiger partial charge in [-0.25, -0.2) is 0 Å². The Balaban J connectivity index is 2.32. The lowest BCUT2D eigenvalue weighted by Crippen LogP contribution is -2.35. The summed E-state index contributed by atoms with van der Waals surface area (Å²) in [5, 5.41) is 0. The maximum Gasteiger partial charge on any atom is 0.308 e. The van der Waals surface area contributed by atoms with Crippen LogP contribution >= 0.6 is 0 Å². The lowest BCUT2D eigenvalue weighted by molar-refractivity contribution is -0.144. The van der Waals surface area contributed by atoms with Gasteiger partial charge < -0.3 is 9.64 Å². The minimum absolute atomic E-state index is 0.0000940. The maximum absolute atomic E-state index is 12.4. The number of hydrogen-bond donors (Lipinski definition) is 0. The number of fused-ring (bicyclic) bond motifs is 1. The predicted molar refractivity (Wildman–Crippen MR) is 71.7 cm³/mol. The van der Waals surface area contributed by atoms with Crippen LogP contribution in [0.1, 0.15) is 49.2 Å². The molecule has 0 aromatic heterocycles. The maximum atomic E-state index is 12.4. The summed E-state index contributed by atoms with van der Waals surface area (Å²) in [7, 11) is 0. The van der Waals surface area contributed by atoms with Crippen LogP contribution in [-0.2, 0) is 9.53 Å². The number of esters is 1. The van der Waals surface area contributed by atoms with Gasteiger partial charge in [-0.2, -0.15) is 0 Å². The molecule has 0 fully saturated rings. The van der Waals surface area contributed by atoms with E-state index in [1.165, 1.54) is 0 Å². The zero-order chi connectivity index (χ0) is 14.0. The van der Waals surface area contributed by atoms with Gasteiger partial charge >= 0.3 is 5.97 Å². The Bertz CT molecular complexity index is 496. The van der Waals surface area contributed by atoms with Crippen molar-refractivity contribution in [3.63, 3.8) is 0 Å². The molecule has 1 aromatic rings. The van der Waals surface area contributed by atoms with E-state index >= 15 is 0 Å². The van der Waals surface area contributed by atoms with Gasteiger partial charge in [0.1, 0.15) is 0 Å². The molecule has 1 unspecified atom stereocenters. The molecule has 1 heterocycles. The van der Waals surface area contributed by atoms with E-state index in [4.69, 9.17) is 4.74 Å². The third kappa shape index (κ3) is 2.48. The highest BCUT2D eigenvalue weighted by molar-refractivity contribution is 5.99. The Labute approximate surface area is 113 Å². The first-order chi connectivity index (χ1) is 9.06. The number of benzene rings is 1. The summed E-state index contributed by atoms with van der Waals surface area (Å²) in [5.74, 6) is -0.262. The minimum Gasteiger partial charge on any atom is -0.466 e. The van der Waals surface area contributed by atoms with E-state index < -0.39 is 0 Å². The highest BCUT2D eigenvalue weighted by atomic mass is 16.5. The molecule has 4 heteroatoms. The Morgan fingerprint density at radius 2 is 2.05 bits per heavy atom. The van der Waals surface area contributed by atoms with Crippen LogP contribution in [0.2, 0.25) is 0 Å². The van der Waals surface area contributed by atoms with Crippen LogP contribution in [0.15, 0.2) is 24.3 Å². The first-order valence-corrected chi connectivity index (χ1v) is 6.63. The molecule has 0 aliphatic carbocycles. The van der Waals surface area contributed by atoms with Crippen molar-refractivity contribution in [2.75, 3.05) is 6.61 Å². The van der Waals surface area contributed by atoms with Crippen LogP contribution in [-0.4, -0.2) is 29.4 Å². The summed E-state index contributed by atoms with van der Waals surface area (Å²) in [4.78, 5) is 25.9. The van der Waals surface area contributed by atoms with Gasteiger partial charge in [0.25, 0.3) is 5.91 Å². The standard InChI is InChI=1S/C15H19NO3/c1-4-19-14(17)9-13-11-7-5-6-8-12(11)15(18)16(13)10(2)3/h5-8,10,13H,4,9H2,1-3H3. The van der Waals surface area contributed by atoms with Crippen molar-refractivity contribution < 1.29 is 14.3 Å². The van der Waals surface area contributed by atoms with Gasteiger partial charge in [0.2, 0.25) is 0 Å². The summed E-state index contributed by atoms with van der Waals surface area (Å²) in [5.41, 5.74) is 1.62. The Morgan fingerprint density at radius 1 is 1.37 bits per heavy atom. The van der Waals surface area contributed by atoms with E-state index in [1.807, 2.05) is 38.1 Å². The Kier molecular flexibility index (Phi) is 3.88. The summed E-state index contributed by atoms with van der Waals surface area (Å²) in [6.07, 6.45) is 0.217. The van der Waals surface area contributed by atoms with Crippen molar-refractivity contribution in [3.05, 3.63) is 35.4 Å². The molecular formula is C15H19NO3. The van der Waals surface area contributed by atoms with Gasteiger partial charge in [-0.05, 0) is 32.4 Å². The molecule has 2 rings (SSSR count). The lowest BCUT2D eigenvalue weighted by Gasteiger charge is -2.28. The van der Waals surface area contributed by atoms with Gasteiger partial charge in [-0.3, -0.25) is 9.59 Å². The van der Waals surface area contributed by atoms with Gasteiger partial charge in [-0.15, -0.1) is 0 Å². The number of hydrogen-bond acceptors (Lipinski definition) is 3. The highest BCUT2D eigenvalue weighted by Crippen LogP contribution is 2.37. The molecule has 0 N–H and O–H groups in total. The average Bonchev–Trinajstić information content (AvgIpc) is 2.64. The monoisotopic (exact) mass is 261 g/mol. The fraction of sp³-hybridized carbons (Fsp3) is 0.467. The van der Waals surface area contributed by atoms with Gasteiger partial charge in [0, 0.05) is 11.6 Å². The number of amides is 1. The summed E-state index contributed by atoms with van der Waals surface area (Å²) < 4.78 is 5.01. The lowest BCUT2D eigenvalue weighted by atomic mass is 10.0. The topological polar surface area (TPSA) is 46.6 Å². The van der Waals surface area contributed by atoms with Crippen molar-refractivity contribution in [3.8, 4) is 0 Å². The molecule has 0 radical (unpaired) electrons. The fourth-order valence-corrected chi connectivity index (χ4v) is 2.59. The second-order valence-electron chi connectivity index (χ2n) is 4.92. The first kappa shape index (κ1) is 13.6. The SMILES string of the molecule is CCOC(=O)CC1c2ccccc2C(=O)N1C(C)C. The van der Waals surface area contributed by atoms with Crippen molar-refractivity contribution in [2.24, 2.45) is 0 Å². The van der Waals surface area contributed by atoms with Crippen molar-refractivity contribution >= 4 is 11.9 Å². The van der Waals surface area contributed by atoms with Crippen LogP contribution in [0.5, 0.6) is 0 Å². The van der Waals surface area contributed by atoms with E-state index in [2.05, 4.69) is 0 Å². The normalized spacial score (nSPS) is 17.8. The number of ether oxygens (including phenoxy) is 1. The van der Waals surface area contributed by atoms with Crippen LogP contribution in [0, 0.1) is 0 Å². The molecule has 1 aliphatic rings. The summed E-state index contributed by atoms with van der Waals surface area (Å²) in [6, 6.07) is 7.33. The molecular weight excluding hydrogens is 242 g/mol. The zero-order valence-electron chi connectivity index (χ0n) is 11.6. The molecule has 4 nitrogen and oxygen atoms in total. The second-order valence-corrected chi connectivity index (χ2v) is 4.92. The second kappa shape index (κ2) is 5.43. The molecule has 0 saturated heterocycles. The van der Waals surface area contributed by atoms with Crippen LogP contribution in [0.4, 0.5) is 0 Å². The Morgan fingerprint density at radius 3 is 2.68 bits per heavy atom. The molecule has 102 valence electrons. The van der Waals surface area contributed by atoms with Crippen LogP contribution in [0.3, 0.4) is 0 Å². The highest BCUT2D eigenvalue weighted by Gasteiger charge is 2.39. The number of carbonyl (C=O) groups excluding carboxylic acids is 2. The predicted octanol–water partition coefficient (Wildman–Crippen LogP) is 2.55. The first-order valence-electron chi connectivity index (χ1n) is 6.63. The van der Waals surface area contributed by atoms with Crippen LogP contribution in [0.25, 0.3) is 0 Å². The molecule has 0 saturated carbocycles. The number of carbonyl (C=O) groups is 2. The van der Waals surface area contributed by atoms with E-state index in [0.29, 0.717) is 12.2 Å². The summed E-state index contributed by atoms with van der Waals surface area (Å²) >= 11 is 0. The molecule has 1 aromatic carbocycles. The third-order valence-corrected chi connectivity index (χ3v) is 3.34. The molecule has 0 spiro atoms. The van der Waals surface area contributed by atoms with Crippen molar-refractivity contribution in [1.29, 1.82) is 0 Å². The number of rotatable bonds is 4. The van der Waals surface area contributed by atoms with E-state index in [-0.39, 0.29) is 30.4 Å². The van der Waals surface area contributed by atoms with Crippen molar-refractivity contribution in [2.45, 2.75) is 39.3 Å². The van der Waals surface area contributed by atoms with Gasteiger partial charge in [0.05, 0.1) is 19.1 Å². The zero-order valence-corrected chi connectivity index (χ0v) is 11.6. The minimum atomic E-state index is -0.261. The Hall–Kier alpha value is -1.84. The summed E-state index contributed by atoms with van der Waals surface area (Å²) in [6.45, 7) is 6.07. The molecule has 1 atom stereocenters. The van der Waals surface area contributed by atoms with E-state index in [1.54, 1.807) is 11.8 Å². The van der Waals surface area contributed by atoms with E-state index in [0.717, 1.165) is 5.56 Å². The van der Waals surface area contributed by atoms with Crippen molar-refractivity contribution in [1.82, 2.24) is 4.90 Å². The average molecular weight is 261 g/mol. The fourth-order valence-electron chi connectivity index (χ4n) is 2.59. The molecule has 19 heavy (non-hydrogen) atoms. The van der Waals surface area contributed by atoms with Crippen LogP contribution < -0.4 is 0 Å². The largest absolute Gasteiger partial charge is 0.466 e. The number of nitrogens with zero attached hydrogens (tertiary/aromatic N) is 1. The molecule has 1 amide bonds. The molecule has 0 bridgehead atoms. The smallest absolute Gasteiger partial charge is 0.308 e. The third-order valence-electron chi connectivity index (χ3n) is 3.34.